The van der Waals surface area contributed by atoms with Crippen molar-refractivity contribution in [2.45, 2.75) is 27.0 Å². The van der Waals surface area contributed by atoms with Crippen molar-refractivity contribution in [2.75, 3.05) is 0 Å². The molecule has 1 heterocycles. The highest BCUT2D eigenvalue weighted by Crippen LogP contribution is 1.91. The summed E-state index contributed by atoms with van der Waals surface area (Å²) >= 11 is 0. The van der Waals surface area contributed by atoms with E-state index in [0.717, 1.165) is 0 Å². The number of ether oxygens (including phenoxy) is 1. The van der Waals surface area contributed by atoms with E-state index in [1.54, 1.807) is 12.5 Å². The third-order valence-electron chi connectivity index (χ3n) is 0.682. The molecule has 0 aliphatic carbocycles. The monoisotopic (exact) mass is 115 g/mol. The van der Waals surface area contributed by atoms with E-state index in [0.29, 0.717) is 0 Å². The molecule has 1 aliphatic heterocycles. The molecule has 0 saturated heterocycles. The van der Waals surface area contributed by atoms with Gasteiger partial charge in [0.2, 0.25) is 0 Å². The molecule has 0 aromatic carbocycles. The first-order valence-electron chi connectivity index (χ1n) is 2.96. The average molecular weight is 115 g/mol. The van der Waals surface area contributed by atoms with Gasteiger partial charge in [-0.3, -0.25) is 0 Å². The number of rotatable bonds is 0. The van der Waals surface area contributed by atoms with Crippen LogP contribution in [-0.4, -0.2) is 6.23 Å². The lowest BCUT2D eigenvalue weighted by molar-refractivity contribution is 0.171. The van der Waals surface area contributed by atoms with E-state index in [1.807, 2.05) is 20.8 Å². The number of hydrogen-bond acceptors (Lipinski definition) is 2. The number of hydrogen-bond donors (Lipinski definition) is 1. The molecule has 8 heavy (non-hydrogen) atoms. The van der Waals surface area contributed by atoms with Gasteiger partial charge in [-0.05, 0) is 6.92 Å². The molecule has 1 rings (SSSR count). The molecule has 1 unspecified atom stereocenters. The summed E-state index contributed by atoms with van der Waals surface area (Å²) in [5.74, 6) is 0. The van der Waals surface area contributed by atoms with Gasteiger partial charge in [0.25, 0.3) is 0 Å². The van der Waals surface area contributed by atoms with Crippen LogP contribution < -0.4 is 5.32 Å². The van der Waals surface area contributed by atoms with E-state index in [1.165, 1.54) is 0 Å². The molecular formula is C6H13NO. The SMILES string of the molecule is CC.CC1NC=CO1. The molecule has 1 N–H and O–H groups in total. The molecule has 0 bridgehead atoms. The summed E-state index contributed by atoms with van der Waals surface area (Å²) in [6, 6.07) is 0. The fourth-order valence-electron chi connectivity index (χ4n) is 0.371. The van der Waals surface area contributed by atoms with Gasteiger partial charge in [0, 0.05) is 6.20 Å². The first-order chi connectivity index (χ1) is 3.89. The maximum atomic E-state index is 4.86. The molecular weight excluding hydrogens is 102 g/mol. The zero-order valence-corrected chi connectivity index (χ0v) is 5.64. The van der Waals surface area contributed by atoms with Crippen molar-refractivity contribution in [3.63, 3.8) is 0 Å². The summed E-state index contributed by atoms with van der Waals surface area (Å²) in [7, 11) is 0. The first kappa shape index (κ1) is 7.34. The predicted octanol–water partition coefficient (Wildman–Crippen LogP) is 1.45. The van der Waals surface area contributed by atoms with Crippen molar-refractivity contribution in [1.29, 1.82) is 0 Å². The molecule has 2 heteroatoms. The maximum Gasteiger partial charge on any atom is 0.165 e. The van der Waals surface area contributed by atoms with Crippen molar-refractivity contribution in [1.82, 2.24) is 5.32 Å². The summed E-state index contributed by atoms with van der Waals surface area (Å²) < 4.78 is 4.86. The minimum atomic E-state index is 0.185. The molecule has 0 fully saturated rings. The Balaban J connectivity index is 0.000000222. The largest absolute Gasteiger partial charge is 0.477 e. The van der Waals surface area contributed by atoms with E-state index in [4.69, 9.17) is 4.74 Å². The van der Waals surface area contributed by atoms with Gasteiger partial charge in [-0.25, -0.2) is 0 Å². The van der Waals surface area contributed by atoms with Crippen LogP contribution in [0.2, 0.25) is 0 Å². The zero-order valence-electron chi connectivity index (χ0n) is 5.64. The van der Waals surface area contributed by atoms with Crippen molar-refractivity contribution >= 4 is 0 Å². The normalized spacial score (nSPS) is 22.6. The second-order valence-electron chi connectivity index (χ2n) is 1.25. The lowest BCUT2D eigenvalue weighted by Crippen LogP contribution is -2.14. The van der Waals surface area contributed by atoms with Gasteiger partial charge in [-0.1, -0.05) is 13.8 Å². The average Bonchev–Trinajstić information content (AvgIpc) is 2.24. The zero-order chi connectivity index (χ0) is 6.41. The highest BCUT2D eigenvalue weighted by molar-refractivity contribution is 4.78. The van der Waals surface area contributed by atoms with E-state index >= 15 is 0 Å². The van der Waals surface area contributed by atoms with Crippen LogP contribution in [0.4, 0.5) is 0 Å². The Labute approximate surface area is 50.5 Å². The van der Waals surface area contributed by atoms with E-state index < -0.39 is 0 Å². The molecule has 0 spiro atoms. The standard InChI is InChI=1S/C4H7NO.C2H6/c1-4-5-2-3-6-4;1-2/h2-5H,1H3;1-2H3. The molecule has 0 radical (unpaired) electrons. The molecule has 1 aliphatic rings. The van der Waals surface area contributed by atoms with Gasteiger partial charge in [0.1, 0.15) is 6.26 Å². The molecule has 0 saturated carbocycles. The summed E-state index contributed by atoms with van der Waals surface area (Å²) in [5.41, 5.74) is 0. The minimum Gasteiger partial charge on any atom is -0.477 e. The quantitative estimate of drug-likeness (QED) is 0.516. The lowest BCUT2D eigenvalue weighted by Gasteiger charge is -1.99. The van der Waals surface area contributed by atoms with Gasteiger partial charge in [0.15, 0.2) is 6.23 Å². The molecule has 1 atom stereocenters. The highest BCUT2D eigenvalue weighted by Gasteiger charge is 1.97. The smallest absolute Gasteiger partial charge is 0.165 e. The van der Waals surface area contributed by atoms with Crippen molar-refractivity contribution in [2.24, 2.45) is 0 Å². The van der Waals surface area contributed by atoms with Gasteiger partial charge in [-0.2, -0.15) is 0 Å². The topological polar surface area (TPSA) is 21.3 Å². The lowest BCUT2D eigenvalue weighted by atomic mass is 10.7. The van der Waals surface area contributed by atoms with E-state index in [-0.39, 0.29) is 6.23 Å². The van der Waals surface area contributed by atoms with Gasteiger partial charge in [0.05, 0.1) is 0 Å². The second-order valence-corrected chi connectivity index (χ2v) is 1.25. The summed E-state index contributed by atoms with van der Waals surface area (Å²) in [6.07, 6.45) is 3.61. The van der Waals surface area contributed by atoms with Crippen LogP contribution in [0.3, 0.4) is 0 Å². The third kappa shape index (κ3) is 2.50. The van der Waals surface area contributed by atoms with Crippen LogP contribution >= 0.6 is 0 Å². The molecule has 0 aromatic heterocycles. The first-order valence-corrected chi connectivity index (χ1v) is 2.96. The van der Waals surface area contributed by atoms with Crippen LogP contribution in [-0.2, 0) is 4.74 Å². The highest BCUT2D eigenvalue weighted by atomic mass is 16.5. The molecule has 0 amide bonds. The molecule has 48 valence electrons. The van der Waals surface area contributed by atoms with E-state index in [2.05, 4.69) is 5.32 Å². The van der Waals surface area contributed by atoms with Crippen LogP contribution in [0.25, 0.3) is 0 Å². The molecule has 2 nitrogen and oxygen atoms in total. The van der Waals surface area contributed by atoms with E-state index in [9.17, 15) is 0 Å². The van der Waals surface area contributed by atoms with Gasteiger partial charge < -0.3 is 10.1 Å². The Bertz CT molecular complexity index is 62.9. The van der Waals surface area contributed by atoms with Gasteiger partial charge >= 0.3 is 0 Å². The van der Waals surface area contributed by atoms with Crippen LogP contribution in [0, 0.1) is 0 Å². The van der Waals surface area contributed by atoms with Crippen molar-refractivity contribution in [3.8, 4) is 0 Å². The summed E-state index contributed by atoms with van der Waals surface area (Å²) in [4.78, 5) is 0. The Morgan fingerprint density at radius 1 is 1.50 bits per heavy atom. The van der Waals surface area contributed by atoms with Crippen molar-refractivity contribution < 1.29 is 4.74 Å². The van der Waals surface area contributed by atoms with Crippen molar-refractivity contribution in [3.05, 3.63) is 12.5 Å². The Kier molecular flexibility index (Phi) is 4.13. The van der Waals surface area contributed by atoms with Crippen LogP contribution in [0.1, 0.15) is 20.8 Å². The third-order valence-corrected chi connectivity index (χ3v) is 0.682. The van der Waals surface area contributed by atoms with Gasteiger partial charge in [-0.15, -0.1) is 0 Å². The Morgan fingerprint density at radius 3 is 2.25 bits per heavy atom. The predicted molar refractivity (Wildman–Crippen MR) is 34.2 cm³/mol. The Morgan fingerprint density at radius 2 is 2.12 bits per heavy atom. The Hall–Kier alpha value is -0.660. The summed E-state index contributed by atoms with van der Waals surface area (Å²) in [6.45, 7) is 5.94. The number of nitrogens with one attached hydrogen (secondary N) is 1. The fourth-order valence-corrected chi connectivity index (χ4v) is 0.371. The second kappa shape index (κ2) is 4.50. The summed E-state index contributed by atoms with van der Waals surface area (Å²) in [5, 5.41) is 2.92. The fraction of sp³-hybridized carbons (Fsp3) is 0.667. The molecule has 0 aromatic rings. The van der Waals surface area contributed by atoms with Crippen LogP contribution in [0.5, 0.6) is 0 Å². The minimum absolute atomic E-state index is 0.185. The van der Waals surface area contributed by atoms with Crippen LogP contribution in [0.15, 0.2) is 12.5 Å². The maximum absolute atomic E-state index is 4.86.